The topological polar surface area (TPSA) is 64.4 Å². The van der Waals surface area contributed by atoms with E-state index in [4.69, 9.17) is 16.3 Å². The van der Waals surface area contributed by atoms with E-state index in [1.54, 1.807) is 18.2 Å². The molecular weight excluding hydrogens is 328 g/mol. The summed E-state index contributed by atoms with van der Waals surface area (Å²) in [6.45, 7) is 0.663. The van der Waals surface area contributed by atoms with Gasteiger partial charge in [0.25, 0.3) is 5.56 Å². The lowest BCUT2D eigenvalue weighted by molar-refractivity contribution is 0.0198. The third kappa shape index (κ3) is 4.00. The number of aromatic nitrogens is 2. The largest absolute Gasteiger partial charge is 0.389 e. The number of ether oxygens (including phenoxy) is 1. The van der Waals surface area contributed by atoms with Gasteiger partial charge in [-0.15, -0.1) is 0 Å². The maximum absolute atomic E-state index is 12.4. The van der Waals surface area contributed by atoms with E-state index in [2.05, 4.69) is 4.98 Å². The summed E-state index contributed by atoms with van der Waals surface area (Å²) in [6, 6.07) is 14.7. The van der Waals surface area contributed by atoms with E-state index in [1.807, 2.05) is 30.3 Å². The highest BCUT2D eigenvalue weighted by Gasteiger charge is 2.10. The van der Waals surface area contributed by atoms with Gasteiger partial charge in [-0.05, 0) is 23.8 Å². The smallest absolute Gasteiger partial charge is 0.261 e. The Hall–Kier alpha value is -2.21. The molecule has 0 aliphatic carbocycles. The van der Waals surface area contributed by atoms with Crippen LogP contribution in [0.1, 0.15) is 5.56 Å². The van der Waals surface area contributed by atoms with Crippen LogP contribution in [0.4, 0.5) is 0 Å². The number of hydrogen-bond donors (Lipinski definition) is 1. The second kappa shape index (κ2) is 7.57. The number of aliphatic hydroxyl groups is 1. The van der Waals surface area contributed by atoms with Gasteiger partial charge in [0.15, 0.2) is 0 Å². The van der Waals surface area contributed by atoms with E-state index < -0.39 is 6.10 Å². The van der Waals surface area contributed by atoms with Gasteiger partial charge in [-0.1, -0.05) is 41.9 Å². The average molecular weight is 345 g/mol. The highest BCUT2D eigenvalue weighted by atomic mass is 35.5. The molecule has 1 atom stereocenters. The number of aliphatic hydroxyl groups excluding tert-OH is 1. The van der Waals surface area contributed by atoms with Crippen molar-refractivity contribution in [2.45, 2.75) is 19.3 Å². The number of nitrogens with zero attached hydrogens (tertiary/aromatic N) is 2. The Labute approximate surface area is 144 Å². The first-order valence-corrected chi connectivity index (χ1v) is 7.96. The van der Waals surface area contributed by atoms with Gasteiger partial charge in [0.1, 0.15) is 0 Å². The van der Waals surface area contributed by atoms with Crippen LogP contribution >= 0.6 is 11.6 Å². The summed E-state index contributed by atoms with van der Waals surface area (Å²) in [4.78, 5) is 16.6. The van der Waals surface area contributed by atoms with E-state index in [9.17, 15) is 9.90 Å². The first-order chi connectivity index (χ1) is 11.6. The van der Waals surface area contributed by atoms with Crippen LogP contribution in [-0.4, -0.2) is 27.4 Å². The Kier molecular flexibility index (Phi) is 5.25. The Morgan fingerprint density at radius 1 is 1.21 bits per heavy atom. The van der Waals surface area contributed by atoms with Crippen molar-refractivity contribution in [1.29, 1.82) is 0 Å². The second-order valence-electron chi connectivity index (χ2n) is 5.52. The first kappa shape index (κ1) is 16.6. The Bertz CT molecular complexity index is 880. The lowest BCUT2D eigenvalue weighted by Gasteiger charge is -2.13. The lowest BCUT2D eigenvalue weighted by Crippen LogP contribution is -2.29. The first-order valence-electron chi connectivity index (χ1n) is 7.58. The van der Waals surface area contributed by atoms with Crippen LogP contribution in [0.25, 0.3) is 10.9 Å². The van der Waals surface area contributed by atoms with Crippen molar-refractivity contribution in [1.82, 2.24) is 9.55 Å². The fourth-order valence-electron chi connectivity index (χ4n) is 2.43. The van der Waals surface area contributed by atoms with E-state index in [1.165, 1.54) is 10.9 Å². The fraction of sp³-hybridized carbons (Fsp3) is 0.222. The summed E-state index contributed by atoms with van der Waals surface area (Å²) >= 11 is 5.93. The Balaban J connectivity index is 1.64. The molecule has 1 heterocycles. The standard InChI is InChI=1S/C18H17ClN2O3/c19-14-6-7-17-16(8-14)18(23)21(12-20-17)9-15(22)11-24-10-13-4-2-1-3-5-13/h1-8,12,15,22H,9-11H2. The van der Waals surface area contributed by atoms with Gasteiger partial charge in [-0.2, -0.15) is 0 Å². The van der Waals surface area contributed by atoms with Crippen LogP contribution in [-0.2, 0) is 17.9 Å². The average Bonchev–Trinajstić information content (AvgIpc) is 2.59. The number of fused-ring (bicyclic) bond motifs is 1. The van der Waals surface area contributed by atoms with Gasteiger partial charge < -0.3 is 9.84 Å². The number of hydrogen-bond acceptors (Lipinski definition) is 4. The predicted octanol–water partition coefficient (Wildman–Crippen LogP) is 2.63. The fourth-order valence-corrected chi connectivity index (χ4v) is 2.60. The normalized spacial score (nSPS) is 12.4. The molecule has 0 radical (unpaired) electrons. The molecule has 124 valence electrons. The summed E-state index contributed by atoms with van der Waals surface area (Å²) < 4.78 is 6.86. The Morgan fingerprint density at radius 3 is 2.79 bits per heavy atom. The molecule has 3 aromatic rings. The van der Waals surface area contributed by atoms with Crippen molar-refractivity contribution < 1.29 is 9.84 Å². The SMILES string of the molecule is O=c1c2cc(Cl)ccc2ncn1CC(O)COCc1ccccc1. The van der Waals surface area contributed by atoms with Crippen LogP contribution in [0.3, 0.4) is 0 Å². The molecule has 6 heteroatoms. The zero-order valence-corrected chi connectivity index (χ0v) is 13.7. The van der Waals surface area contributed by atoms with Gasteiger partial charge in [0, 0.05) is 5.02 Å². The lowest BCUT2D eigenvalue weighted by atomic mass is 10.2. The van der Waals surface area contributed by atoms with Crippen molar-refractivity contribution in [2.24, 2.45) is 0 Å². The summed E-state index contributed by atoms with van der Waals surface area (Å²) in [6.07, 6.45) is 0.628. The molecule has 0 bridgehead atoms. The van der Waals surface area contributed by atoms with Crippen molar-refractivity contribution in [3.05, 3.63) is 75.8 Å². The van der Waals surface area contributed by atoms with Crippen LogP contribution in [0.2, 0.25) is 5.02 Å². The molecule has 0 fully saturated rings. The molecule has 0 saturated heterocycles. The van der Waals surface area contributed by atoms with Crippen LogP contribution in [0.5, 0.6) is 0 Å². The third-order valence-electron chi connectivity index (χ3n) is 3.62. The highest BCUT2D eigenvalue weighted by Crippen LogP contribution is 2.14. The van der Waals surface area contributed by atoms with E-state index >= 15 is 0 Å². The maximum Gasteiger partial charge on any atom is 0.261 e. The zero-order valence-electron chi connectivity index (χ0n) is 12.9. The molecule has 0 spiro atoms. The molecule has 24 heavy (non-hydrogen) atoms. The predicted molar refractivity (Wildman–Crippen MR) is 93.1 cm³/mol. The number of benzene rings is 2. The monoisotopic (exact) mass is 344 g/mol. The molecule has 5 nitrogen and oxygen atoms in total. The van der Waals surface area contributed by atoms with Crippen LogP contribution in [0, 0.1) is 0 Å². The number of halogens is 1. The molecule has 1 aromatic heterocycles. The quantitative estimate of drug-likeness (QED) is 0.746. The summed E-state index contributed by atoms with van der Waals surface area (Å²) in [5.41, 5.74) is 1.38. The molecule has 1 unspecified atom stereocenters. The van der Waals surface area contributed by atoms with E-state index in [0.717, 1.165) is 5.56 Å². The summed E-state index contributed by atoms with van der Waals surface area (Å²) in [5, 5.41) is 11.0. The van der Waals surface area contributed by atoms with Crippen LogP contribution in [0.15, 0.2) is 59.7 Å². The summed E-state index contributed by atoms with van der Waals surface area (Å²) in [5.74, 6) is 0. The molecule has 0 amide bonds. The highest BCUT2D eigenvalue weighted by molar-refractivity contribution is 6.31. The van der Waals surface area contributed by atoms with Crippen LogP contribution < -0.4 is 5.56 Å². The minimum absolute atomic E-state index is 0.114. The van der Waals surface area contributed by atoms with Gasteiger partial charge >= 0.3 is 0 Å². The van der Waals surface area contributed by atoms with Crippen molar-refractivity contribution in [3.8, 4) is 0 Å². The van der Waals surface area contributed by atoms with Gasteiger partial charge in [-0.25, -0.2) is 4.98 Å². The number of rotatable bonds is 6. The summed E-state index contributed by atoms with van der Waals surface area (Å²) in [7, 11) is 0. The molecule has 0 aliphatic rings. The molecule has 0 saturated carbocycles. The van der Waals surface area contributed by atoms with Crippen molar-refractivity contribution >= 4 is 22.5 Å². The second-order valence-corrected chi connectivity index (χ2v) is 5.95. The molecule has 3 rings (SSSR count). The van der Waals surface area contributed by atoms with Gasteiger partial charge in [0.2, 0.25) is 0 Å². The Morgan fingerprint density at radius 2 is 2.00 bits per heavy atom. The minimum atomic E-state index is -0.801. The third-order valence-corrected chi connectivity index (χ3v) is 3.85. The maximum atomic E-state index is 12.4. The molecule has 2 aromatic carbocycles. The van der Waals surface area contributed by atoms with Gasteiger partial charge in [-0.3, -0.25) is 9.36 Å². The molecule has 0 aliphatic heterocycles. The zero-order chi connectivity index (χ0) is 16.9. The minimum Gasteiger partial charge on any atom is -0.389 e. The van der Waals surface area contributed by atoms with E-state index in [0.29, 0.717) is 22.5 Å². The van der Waals surface area contributed by atoms with Crippen molar-refractivity contribution in [2.75, 3.05) is 6.61 Å². The van der Waals surface area contributed by atoms with Gasteiger partial charge in [0.05, 0.1) is 43.1 Å². The van der Waals surface area contributed by atoms with Crippen molar-refractivity contribution in [3.63, 3.8) is 0 Å². The molecular formula is C18H17ClN2O3. The molecule has 1 N–H and O–H groups in total. The van der Waals surface area contributed by atoms with E-state index in [-0.39, 0.29) is 18.7 Å².